The summed E-state index contributed by atoms with van der Waals surface area (Å²) in [7, 11) is 0. The van der Waals surface area contributed by atoms with Crippen LogP contribution in [0.5, 0.6) is 11.5 Å². The third-order valence-electron chi connectivity index (χ3n) is 7.32. The van der Waals surface area contributed by atoms with Crippen molar-refractivity contribution in [1.29, 1.82) is 0 Å². The Balaban J connectivity index is 2.75. The van der Waals surface area contributed by atoms with Gasteiger partial charge < -0.3 is 15.3 Å². The summed E-state index contributed by atoms with van der Waals surface area (Å²) < 4.78 is 0. The minimum atomic E-state index is -1.29. The van der Waals surface area contributed by atoms with Crippen LogP contribution in [0.15, 0.2) is 24.3 Å². The van der Waals surface area contributed by atoms with Crippen molar-refractivity contribution >= 4 is 5.97 Å². The number of carboxylic acids is 1. The van der Waals surface area contributed by atoms with Crippen LogP contribution in [0.2, 0.25) is 0 Å². The van der Waals surface area contributed by atoms with Crippen LogP contribution in [0, 0.1) is 0 Å². The standard InChI is InChI=1S/C31H46O4/c1-6-10-14-22-18-26(19-23(28(22)32)15-11-7-2)31(5,30(34)35)27-20-24(16-12-8-3)29(33)25(21-27)17-13-9-4/h18-21,32-33H,6-17H2,1-5H3,(H,34,35). The van der Waals surface area contributed by atoms with Gasteiger partial charge in [0.1, 0.15) is 16.9 Å². The molecule has 0 radical (unpaired) electrons. The summed E-state index contributed by atoms with van der Waals surface area (Å²) in [4.78, 5) is 13.0. The molecule has 0 saturated carbocycles. The minimum Gasteiger partial charge on any atom is -0.507 e. The molecule has 2 aromatic rings. The highest BCUT2D eigenvalue weighted by atomic mass is 16.4. The van der Waals surface area contributed by atoms with Gasteiger partial charge in [-0.3, -0.25) is 4.79 Å². The van der Waals surface area contributed by atoms with Crippen LogP contribution in [-0.2, 0) is 35.9 Å². The molecule has 0 bridgehead atoms. The highest BCUT2D eigenvalue weighted by Crippen LogP contribution is 2.40. The molecule has 3 N–H and O–H groups in total. The second-order valence-electron chi connectivity index (χ2n) is 10.1. The van der Waals surface area contributed by atoms with Gasteiger partial charge in [-0.2, -0.15) is 0 Å². The first-order valence-electron chi connectivity index (χ1n) is 13.7. The lowest BCUT2D eigenvalue weighted by atomic mass is 9.73. The first kappa shape index (κ1) is 28.7. The van der Waals surface area contributed by atoms with Gasteiger partial charge in [0.05, 0.1) is 0 Å². The Kier molecular flexibility index (Phi) is 11.1. The molecule has 0 fully saturated rings. The normalized spacial score (nSPS) is 11.7. The number of hydrogen-bond acceptors (Lipinski definition) is 3. The van der Waals surface area contributed by atoms with Crippen molar-refractivity contribution in [3.63, 3.8) is 0 Å². The third kappa shape index (κ3) is 6.80. The van der Waals surface area contributed by atoms with E-state index >= 15 is 0 Å². The number of phenolic OH excluding ortho intramolecular Hbond substituents is 2. The van der Waals surface area contributed by atoms with Gasteiger partial charge in [0, 0.05) is 0 Å². The summed E-state index contributed by atoms with van der Waals surface area (Å²) in [6.45, 7) is 10.2. The molecule has 0 aliphatic heterocycles. The molecule has 2 rings (SSSR count). The van der Waals surface area contributed by atoms with Crippen LogP contribution >= 0.6 is 0 Å². The fourth-order valence-electron chi connectivity index (χ4n) is 4.74. The molecule has 35 heavy (non-hydrogen) atoms. The highest BCUT2D eigenvalue weighted by Gasteiger charge is 2.39. The molecule has 0 heterocycles. The van der Waals surface area contributed by atoms with Crippen LogP contribution in [0.4, 0.5) is 0 Å². The molecule has 194 valence electrons. The SMILES string of the molecule is CCCCc1cc(C(C)(C(=O)O)c2cc(CCCC)c(O)c(CCCC)c2)cc(CCCC)c1O. The highest BCUT2D eigenvalue weighted by molar-refractivity contribution is 5.86. The smallest absolute Gasteiger partial charge is 0.318 e. The molecule has 0 unspecified atom stereocenters. The molecule has 0 atom stereocenters. The fourth-order valence-corrected chi connectivity index (χ4v) is 4.74. The van der Waals surface area contributed by atoms with Gasteiger partial charge >= 0.3 is 5.97 Å². The van der Waals surface area contributed by atoms with Crippen molar-refractivity contribution in [3.8, 4) is 11.5 Å². The van der Waals surface area contributed by atoms with Crippen molar-refractivity contribution in [2.24, 2.45) is 0 Å². The van der Waals surface area contributed by atoms with Gasteiger partial charge in [0.15, 0.2) is 0 Å². The Hall–Kier alpha value is -2.49. The van der Waals surface area contributed by atoms with Crippen molar-refractivity contribution in [2.75, 3.05) is 0 Å². The maximum Gasteiger partial charge on any atom is 0.318 e. The predicted octanol–water partition coefficient (Wildman–Crippen LogP) is 7.86. The minimum absolute atomic E-state index is 0.321. The van der Waals surface area contributed by atoms with E-state index in [2.05, 4.69) is 27.7 Å². The van der Waals surface area contributed by atoms with Crippen LogP contribution in [0.3, 0.4) is 0 Å². The second-order valence-corrected chi connectivity index (χ2v) is 10.1. The number of aromatic hydroxyl groups is 2. The monoisotopic (exact) mass is 482 g/mol. The number of carbonyl (C=O) groups is 1. The van der Waals surface area contributed by atoms with Gasteiger partial charge in [-0.15, -0.1) is 0 Å². The number of benzene rings is 2. The molecule has 2 aromatic carbocycles. The zero-order chi connectivity index (χ0) is 26.0. The summed E-state index contributed by atoms with van der Waals surface area (Å²) in [5.41, 5.74) is 3.45. The van der Waals surface area contributed by atoms with E-state index in [9.17, 15) is 20.1 Å². The molecule has 0 spiro atoms. The maximum atomic E-state index is 13.0. The van der Waals surface area contributed by atoms with Crippen LogP contribution < -0.4 is 0 Å². The number of carboxylic acid groups (broad SMARTS) is 1. The van der Waals surface area contributed by atoms with E-state index in [4.69, 9.17) is 0 Å². The van der Waals surface area contributed by atoms with Gasteiger partial charge in [0.25, 0.3) is 0 Å². The van der Waals surface area contributed by atoms with Gasteiger partial charge in [0.2, 0.25) is 0 Å². The van der Waals surface area contributed by atoms with E-state index in [1.54, 1.807) is 6.92 Å². The van der Waals surface area contributed by atoms with Crippen LogP contribution in [-0.4, -0.2) is 21.3 Å². The van der Waals surface area contributed by atoms with E-state index in [1.807, 2.05) is 24.3 Å². The number of aliphatic carboxylic acids is 1. The number of phenols is 2. The van der Waals surface area contributed by atoms with Crippen molar-refractivity contribution in [1.82, 2.24) is 0 Å². The largest absolute Gasteiger partial charge is 0.507 e. The van der Waals surface area contributed by atoms with E-state index in [-0.39, 0.29) is 0 Å². The van der Waals surface area contributed by atoms with E-state index in [0.29, 0.717) is 22.6 Å². The van der Waals surface area contributed by atoms with Crippen LogP contribution in [0.25, 0.3) is 0 Å². The Morgan fingerprint density at radius 2 is 0.886 bits per heavy atom. The van der Waals surface area contributed by atoms with Gasteiger partial charge in [-0.05, 0) is 91.7 Å². The average molecular weight is 483 g/mol. The number of unbranched alkanes of at least 4 members (excludes halogenated alkanes) is 4. The third-order valence-corrected chi connectivity index (χ3v) is 7.32. The Morgan fingerprint density at radius 3 is 1.09 bits per heavy atom. The topological polar surface area (TPSA) is 77.8 Å². The summed E-state index contributed by atoms with van der Waals surface area (Å²) >= 11 is 0. The van der Waals surface area contributed by atoms with Gasteiger partial charge in [-0.25, -0.2) is 0 Å². The number of rotatable bonds is 15. The molecule has 0 aliphatic carbocycles. The molecule has 0 saturated heterocycles. The first-order valence-corrected chi connectivity index (χ1v) is 13.7. The average Bonchev–Trinajstić information content (AvgIpc) is 2.85. The first-order chi connectivity index (χ1) is 16.7. The van der Waals surface area contributed by atoms with E-state index in [1.165, 1.54) is 0 Å². The van der Waals surface area contributed by atoms with Crippen molar-refractivity contribution in [3.05, 3.63) is 57.6 Å². The van der Waals surface area contributed by atoms with Crippen molar-refractivity contribution < 1.29 is 20.1 Å². The molecule has 4 nitrogen and oxygen atoms in total. The Labute approximate surface area is 212 Å². The lowest BCUT2D eigenvalue weighted by Crippen LogP contribution is -2.34. The van der Waals surface area contributed by atoms with E-state index < -0.39 is 11.4 Å². The molecule has 0 aliphatic rings. The molecular formula is C31H46O4. The Bertz CT molecular complexity index is 848. The lowest BCUT2D eigenvalue weighted by Gasteiger charge is -2.29. The maximum absolute atomic E-state index is 13.0. The summed E-state index contributed by atoms with van der Waals surface area (Å²) in [6, 6.07) is 7.61. The molecular weight excluding hydrogens is 436 g/mol. The Morgan fingerprint density at radius 1 is 0.629 bits per heavy atom. The molecule has 0 amide bonds. The number of hydrogen-bond donors (Lipinski definition) is 3. The van der Waals surface area contributed by atoms with E-state index in [0.717, 1.165) is 99.3 Å². The lowest BCUT2D eigenvalue weighted by molar-refractivity contribution is -0.141. The number of aryl methyl sites for hydroxylation is 4. The quantitative estimate of drug-likeness (QED) is 0.241. The van der Waals surface area contributed by atoms with Gasteiger partial charge in [-0.1, -0.05) is 77.6 Å². The van der Waals surface area contributed by atoms with Crippen LogP contribution in [0.1, 0.15) is 119 Å². The zero-order valence-electron chi connectivity index (χ0n) is 22.5. The molecule has 4 heteroatoms. The fraction of sp³-hybridized carbons (Fsp3) is 0.581. The zero-order valence-corrected chi connectivity index (χ0v) is 22.5. The van der Waals surface area contributed by atoms with Crippen molar-refractivity contribution in [2.45, 2.75) is 117 Å². The summed E-state index contributed by atoms with van der Waals surface area (Å²) in [5.74, 6) is -0.276. The summed E-state index contributed by atoms with van der Waals surface area (Å²) in [6.07, 6.45) is 10.7. The summed E-state index contributed by atoms with van der Waals surface area (Å²) in [5, 5.41) is 32.6. The second kappa shape index (κ2) is 13.6. The predicted molar refractivity (Wildman–Crippen MR) is 145 cm³/mol. The molecule has 0 aromatic heterocycles.